The fraction of sp³-hybridized carbons (Fsp3) is 0.529. The number of hydrogen-bond acceptors (Lipinski definition) is 2. The van der Waals surface area contributed by atoms with Gasteiger partial charge in [-0.2, -0.15) is 0 Å². The third-order valence-corrected chi connectivity index (χ3v) is 5.26. The van der Waals surface area contributed by atoms with Crippen molar-refractivity contribution in [2.75, 3.05) is 19.6 Å². The Morgan fingerprint density at radius 1 is 1.24 bits per heavy atom. The van der Waals surface area contributed by atoms with Crippen molar-refractivity contribution in [1.82, 2.24) is 15.2 Å². The van der Waals surface area contributed by atoms with Gasteiger partial charge in [0.05, 0.1) is 5.02 Å². The third kappa shape index (κ3) is 2.83. The van der Waals surface area contributed by atoms with Crippen LogP contribution in [0.25, 0.3) is 10.9 Å². The number of rotatable bonds is 5. The maximum Gasteiger partial charge on any atom is 0.0705 e. The van der Waals surface area contributed by atoms with Gasteiger partial charge in [-0.3, -0.25) is 0 Å². The van der Waals surface area contributed by atoms with E-state index in [1.165, 1.54) is 32.4 Å². The molecule has 2 aliphatic rings. The molecule has 2 aromatic rings. The van der Waals surface area contributed by atoms with Gasteiger partial charge in [0.15, 0.2) is 0 Å². The van der Waals surface area contributed by atoms with Crippen molar-refractivity contribution in [3.63, 3.8) is 0 Å². The van der Waals surface area contributed by atoms with E-state index in [9.17, 15) is 0 Å². The lowest BCUT2D eigenvalue weighted by atomic mass is 10.1. The number of H-pyrrole nitrogens is 1. The average molecular weight is 304 g/mol. The topological polar surface area (TPSA) is 31.1 Å². The van der Waals surface area contributed by atoms with E-state index in [-0.39, 0.29) is 0 Å². The first-order valence-electron chi connectivity index (χ1n) is 8.01. The van der Waals surface area contributed by atoms with Gasteiger partial charge < -0.3 is 15.2 Å². The van der Waals surface area contributed by atoms with Crippen LogP contribution >= 0.6 is 11.6 Å². The van der Waals surface area contributed by atoms with Crippen molar-refractivity contribution in [2.24, 2.45) is 5.92 Å². The Labute approximate surface area is 130 Å². The molecule has 0 amide bonds. The molecule has 1 aliphatic heterocycles. The minimum Gasteiger partial charge on any atom is -0.356 e. The fourth-order valence-electron chi connectivity index (χ4n) is 3.49. The largest absolute Gasteiger partial charge is 0.356 e. The second-order valence-corrected chi connectivity index (χ2v) is 6.85. The first-order chi connectivity index (χ1) is 10.3. The van der Waals surface area contributed by atoms with Gasteiger partial charge in [-0.1, -0.05) is 29.8 Å². The Morgan fingerprint density at radius 3 is 2.90 bits per heavy atom. The summed E-state index contributed by atoms with van der Waals surface area (Å²) in [6.45, 7) is 4.49. The van der Waals surface area contributed by atoms with Gasteiger partial charge in [0, 0.05) is 35.7 Å². The van der Waals surface area contributed by atoms with E-state index in [0.29, 0.717) is 0 Å². The van der Waals surface area contributed by atoms with Gasteiger partial charge in [-0.15, -0.1) is 0 Å². The lowest BCUT2D eigenvalue weighted by Gasteiger charge is -2.15. The number of aromatic amines is 1. The maximum absolute atomic E-state index is 6.45. The highest BCUT2D eigenvalue weighted by Crippen LogP contribution is 2.31. The predicted molar refractivity (Wildman–Crippen MR) is 87.7 cm³/mol. The minimum absolute atomic E-state index is 0.800. The molecule has 2 heterocycles. The summed E-state index contributed by atoms with van der Waals surface area (Å²) in [6.07, 6.45) is 4.18. The van der Waals surface area contributed by atoms with Gasteiger partial charge >= 0.3 is 0 Å². The number of likely N-dealkylation sites (tertiary alicyclic amines) is 1. The summed E-state index contributed by atoms with van der Waals surface area (Å²) in [5.74, 6) is 0.800. The van der Waals surface area contributed by atoms with Crippen molar-refractivity contribution < 1.29 is 0 Å². The molecule has 4 rings (SSSR count). The predicted octanol–water partition coefficient (Wildman–Crippen LogP) is 3.40. The van der Waals surface area contributed by atoms with E-state index in [1.54, 1.807) is 0 Å². The molecule has 112 valence electrons. The summed E-state index contributed by atoms with van der Waals surface area (Å²) in [6, 6.07) is 9.14. The number of halogens is 1. The quantitative estimate of drug-likeness (QED) is 0.887. The van der Waals surface area contributed by atoms with Gasteiger partial charge in [0.2, 0.25) is 0 Å². The van der Waals surface area contributed by atoms with Crippen LogP contribution in [0, 0.1) is 5.92 Å². The number of nitrogens with one attached hydrogen (secondary N) is 2. The van der Waals surface area contributed by atoms with Crippen LogP contribution in [0.5, 0.6) is 0 Å². The standard InChI is InChI=1S/C17H22ClN3/c18-17-14-3-1-2-4-15(14)20-16(17)10-19-9-12-7-8-21(11-12)13-5-6-13/h1-4,12-13,19-20H,5-11H2. The first kappa shape index (κ1) is 13.6. The summed E-state index contributed by atoms with van der Waals surface area (Å²) < 4.78 is 0. The molecule has 1 aromatic carbocycles. The second-order valence-electron chi connectivity index (χ2n) is 6.47. The zero-order valence-electron chi connectivity index (χ0n) is 12.2. The minimum atomic E-state index is 0.800. The van der Waals surface area contributed by atoms with Crippen LogP contribution in [0.3, 0.4) is 0 Å². The summed E-state index contributed by atoms with van der Waals surface area (Å²) in [4.78, 5) is 6.09. The van der Waals surface area contributed by atoms with E-state index >= 15 is 0 Å². The Kier molecular flexibility index (Phi) is 3.66. The summed E-state index contributed by atoms with van der Waals surface area (Å²) in [7, 11) is 0. The molecular weight excluding hydrogens is 282 g/mol. The number of fused-ring (bicyclic) bond motifs is 1. The molecule has 0 bridgehead atoms. The smallest absolute Gasteiger partial charge is 0.0705 e. The monoisotopic (exact) mass is 303 g/mol. The van der Waals surface area contributed by atoms with Gasteiger partial charge in [0.1, 0.15) is 0 Å². The summed E-state index contributed by atoms with van der Waals surface area (Å²) in [5, 5.41) is 5.57. The molecule has 21 heavy (non-hydrogen) atoms. The Balaban J connectivity index is 1.32. The highest BCUT2D eigenvalue weighted by molar-refractivity contribution is 6.36. The molecule has 3 nitrogen and oxygen atoms in total. The molecule has 1 atom stereocenters. The van der Waals surface area contributed by atoms with Crippen LogP contribution in [0.2, 0.25) is 5.02 Å². The Hall–Kier alpha value is -1.03. The van der Waals surface area contributed by atoms with Crippen molar-refractivity contribution in [1.29, 1.82) is 0 Å². The van der Waals surface area contributed by atoms with E-state index in [1.807, 2.05) is 12.1 Å². The summed E-state index contributed by atoms with van der Waals surface area (Å²) in [5.41, 5.74) is 2.23. The van der Waals surface area contributed by atoms with Crippen LogP contribution in [0.4, 0.5) is 0 Å². The highest BCUT2D eigenvalue weighted by atomic mass is 35.5. The molecule has 2 N–H and O–H groups in total. The van der Waals surface area contributed by atoms with E-state index in [2.05, 4.69) is 27.3 Å². The highest BCUT2D eigenvalue weighted by Gasteiger charge is 2.33. The van der Waals surface area contributed by atoms with E-state index in [0.717, 1.165) is 46.7 Å². The van der Waals surface area contributed by atoms with Gasteiger partial charge in [-0.25, -0.2) is 0 Å². The second kappa shape index (κ2) is 5.64. The number of nitrogens with zero attached hydrogens (tertiary/aromatic N) is 1. The molecule has 0 spiro atoms. The molecule has 1 aliphatic carbocycles. The van der Waals surface area contributed by atoms with Crippen LogP contribution < -0.4 is 5.32 Å². The number of hydrogen-bond donors (Lipinski definition) is 2. The molecular formula is C17H22ClN3. The lowest BCUT2D eigenvalue weighted by molar-refractivity contribution is 0.311. The van der Waals surface area contributed by atoms with Crippen LogP contribution in [0.1, 0.15) is 25.0 Å². The van der Waals surface area contributed by atoms with E-state index in [4.69, 9.17) is 11.6 Å². The normalized spacial score (nSPS) is 23.2. The summed E-state index contributed by atoms with van der Waals surface area (Å²) >= 11 is 6.45. The fourth-order valence-corrected chi connectivity index (χ4v) is 3.77. The molecule has 1 unspecified atom stereocenters. The van der Waals surface area contributed by atoms with Crippen molar-refractivity contribution in [3.8, 4) is 0 Å². The van der Waals surface area contributed by atoms with Crippen LogP contribution in [-0.2, 0) is 6.54 Å². The molecule has 2 fully saturated rings. The maximum atomic E-state index is 6.45. The van der Waals surface area contributed by atoms with Crippen molar-refractivity contribution >= 4 is 22.5 Å². The first-order valence-corrected chi connectivity index (χ1v) is 8.39. The van der Waals surface area contributed by atoms with E-state index < -0.39 is 0 Å². The molecule has 4 heteroatoms. The van der Waals surface area contributed by atoms with Crippen molar-refractivity contribution in [2.45, 2.75) is 31.8 Å². The van der Waals surface area contributed by atoms with Crippen LogP contribution in [0.15, 0.2) is 24.3 Å². The Bertz CT molecular complexity index is 632. The number of benzene rings is 1. The number of para-hydroxylation sites is 1. The third-order valence-electron chi connectivity index (χ3n) is 4.83. The molecule has 1 aromatic heterocycles. The molecule has 1 saturated heterocycles. The van der Waals surface area contributed by atoms with Gasteiger partial charge in [0.25, 0.3) is 0 Å². The lowest BCUT2D eigenvalue weighted by Crippen LogP contribution is -2.27. The number of aromatic nitrogens is 1. The van der Waals surface area contributed by atoms with Crippen LogP contribution in [-0.4, -0.2) is 35.6 Å². The van der Waals surface area contributed by atoms with Gasteiger partial charge in [-0.05, 0) is 44.3 Å². The average Bonchev–Trinajstić information content (AvgIpc) is 3.17. The zero-order chi connectivity index (χ0) is 14.2. The zero-order valence-corrected chi connectivity index (χ0v) is 13.0. The Morgan fingerprint density at radius 2 is 2.10 bits per heavy atom. The molecule has 1 saturated carbocycles. The van der Waals surface area contributed by atoms with Crippen molar-refractivity contribution in [3.05, 3.63) is 35.0 Å². The molecule has 0 radical (unpaired) electrons. The SMILES string of the molecule is Clc1c(CNCC2CCN(C3CC3)C2)[nH]c2ccccc12.